The number of anilines is 1. The molecule has 0 unspecified atom stereocenters. The lowest BCUT2D eigenvalue weighted by molar-refractivity contribution is 0.194. The molecule has 0 aliphatic carbocycles. The maximum absolute atomic E-state index is 5.76. The molecule has 0 heterocycles. The quantitative estimate of drug-likeness (QED) is 0.575. The van der Waals surface area contributed by atoms with Gasteiger partial charge in [-0.25, -0.2) is 0 Å². The summed E-state index contributed by atoms with van der Waals surface area (Å²) in [6, 6.07) is 7.42. The van der Waals surface area contributed by atoms with E-state index >= 15 is 0 Å². The summed E-state index contributed by atoms with van der Waals surface area (Å²) >= 11 is 5.76. The van der Waals surface area contributed by atoms with Crippen molar-refractivity contribution in [2.75, 3.05) is 12.1 Å². The lowest BCUT2D eigenvalue weighted by Crippen LogP contribution is -2.01. The molecule has 0 aliphatic rings. The Hall–Kier alpha value is -0.730. The average molecular weight is 186 g/mol. The van der Waals surface area contributed by atoms with E-state index < -0.39 is 0 Å². The Balaban J connectivity index is 2.41. The Labute approximate surface area is 77.4 Å². The van der Waals surface area contributed by atoms with E-state index in [2.05, 4.69) is 12.4 Å². The van der Waals surface area contributed by atoms with Crippen molar-refractivity contribution in [3.63, 3.8) is 0 Å². The highest BCUT2D eigenvalue weighted by atomic mass is 35.5. The van der Waals surface area contributed by atoms with Gasteiger partial charge in [-0.15, -0.1) is 0 Å². The maximum atomic E-state index is 5.76. The zero-order valence-electron chi connectivity index (χ0n) is 7.01. The highest BCUT2D eigenvalue weighted by molar-refractivity contribution is 6.30. The summed E-state index contributed by atoms with van der Waals surface area (Å²) in [5.41, 5.74) is 3.69. The van der Waals surface area contributed by atoms with Crippen LogP contribution >= 0.6 is 11.6 Å². The smallest absolute Gasteiger partial charge is 0.0743 e. The fraction of sp³-hybridized carbons (Fsp3) is 0.333. The predicted molar refractivity (Wildman–Crippen MR) is 51.3 cm³/mol. The van der Waals surface area contributed by atoms with Crippen LogP contribution in [0.15, 0.2) is 24.3 Å². The van der Waals surface area contributed by atoms with Gasteiger partial charge in [0.05, 0.1) is 12.3 Å². The normalized spacial score (nSPS) is 9.83. The molecule has 1 rings (SSSR count). The third-order valence-corrected chi connectivity index (χ3v) is 1.56. The molecule has 1 N–H and O–H groups in total. The van der Waals surface area contributed by atoms with Gasteiger partial charge in [-0.2, -0.15) is 0 Å². The number of halogens is 1. The second-order valence-corrected chi connectivity index (χ2v) is 2.90. The molecular weight excluding hydrogens is 174 g/mol. The van der Waals surface area contributed by atoms with E-state index in [1.807, 2.05) is 24.3 Å². The molecule has 2 nitrogen and oxygen atoms in total. The fourth-order valence-corrected chi connectivity index (χ4v) is 0.979. The van der Waals surface area contributed by atoms with E-state index in [0.717, 1.165) is 12.1 Å². The van der Waals surface area contributed by atoms with Crippen molar-refractivity contribution in [3.8, 4) is 0 Å². The molecule has 0 fully saturated rings. The third-order valence-electron chi connectivity index (χ3n) is 1.32. The first kappa shape index (κ1) is 9.36. The van der Waals surface area contributed by atoms with Gasteiger partial charge in [-0.1, -0.05) is 24.6 Å². The average Bonchev–Trinajstić information content (AvgIpc) is 2.05. The Morgan fingerprint density at radius 3 is 3.00 bits per heavy atom. The third kappa shape index (κ3) is 3.11. The minimum absolute atomic E-state index is 0.701. The van der Waals surface area contributed by atoms with Crippen molar-refractivity contribution in [3.05, 3.63) is 29.3 Å². The highest BCUT2D eigenvalue weighted by Gasteiger charge is 1.91. The van der Waals surface area contributed by atoms with E-state index in [1.165, 1.54) is 0 Å². The van der Waals surface area contributed by atoms with E-state index in [1.54, 1.807) is 0 Å². The minimum Gasteiger partial charge on any atom is -0.276 e. The van der Waals surface area contributed by atoms with Gasteiger partial charge in [0.2, 0.25) is 0 Å². The first-order valence-corrected chi connectivity index (χ1v) is 4.34. The van der Waals surface area contributed by atoms with Crippen LogP contribution < -0.4 is 5.48 Å². The SMILES string of the molecule is CCCONc1cccc(Cl)c1. The first-order chi connectivity index (χ1) is 5.83. The predicted octanol–water partition coefficient (Wildman–Crippen LogP) is 3.09. The van der Waals surface area contributed by atoms with Crippen LogP contribution in [0.1, 0.15) is 13.3 Å². The minimum atomic E-state index is 0.701. The number of benzene rings is 1. The maximum Gasteiger partial charge on any atom is 0.0743 e. The summed E-state index contributed by atoms with van der Waals surface area (Å²) in [6.45, 7) is 2.76. The van der Waals surface area contributed by atoms with Gasteiger partial charge in [0.1, 0.15) is 0 Å². The first-order valence-electron chi connectivity index (χ1n) is 3.96. The standard InChI is InChI=1S/C9H12ClNO/c1-2-6-12-11-9-5-3-4-8(10)7-9/h3-5,7,11H,2,6H2,1H3. The second-order valence-electron chi connectivity index (χ2n) is 2.46. The monoisotopic (exact) mass is 185 g/mol. The molecule has 0 aliphatic heterocycles. The lowest BCUT2D eigenvalue weighted by atomic mass is 10.3. The number of hydrogen-bond donors (Lipinski definition) is 1. The van der Waals surface area contributed by atoms with Crippen molar-refractivity contribution in [1.82, 2.24) is 0 Å². The van der Waals surface area contributed by atoms with Crippen LogP contribution in [0.4, 0.5) is 5.69 Å². The van der Waals surface area contributed by atoms with E-state index in [-0.39, 0.29) is 0 Å². The molecule has 0 amide bonds. The van der Waals surface area contributed by atoms with Crippen molar-refractivity contribution in [2.24, 2.45) is 0 Å². The van der Waals surface area contributed by atoms with Crippen LogP contribution in [-0.4, -0.2) is 6.61 Å². The summed E-state index contributed by atoms with van der Waals surface area (Å²) in [5, 5.41) is 0.708. The Morgan fingerprint density at radius 1 is 1.50 bits per heavy atom. The van der Waals surface area contributed by atoms with Crippen molar-refractivity contribution in [1.29, 1.82) is 0 Å². The van der Waals surface area contributed by atoms with Gasteiger partial charge in [-0.05, 0) is 24.6 Å². The molecule has 66 valence electrons. The van der Waals surface area contributed by atoms with Crippen molar-refractivity contribution < 1.29 is 4.84 Å². The van der Waals surface area contributed by atoms with Gasteiger partial charge in [0.25, 0.3) is 0 Å². The number of hydrogen-bond acceptors (Lipinski definition) is 2. The second kappa shape index (κ2) is 5.01. The molecule has 0 radical (unpaired) electrons. The molecule has 0 saturated carbocycles. The molecule has 3 heteroatoms. The molecule has 0 aromatic heterocycles. The van der Waals surface area contributed by atoms with Crippen LogP contribution in [0.5, 0.6) is 0 Å². The van der Waals surface area contributed by atoms with Crippen LogP contribution in [0.2, 0.25) is 5.02 Å². The fourth-order valence-electron chi connectivity index (χ4n) is 0.788. The Bertz CT molecular complexity index is 240. The largest absolute Gasteiger partial charge is 0.276 e. The molecule has 0 atom stereocenters. The number of nitrogens with one attached hydrogen (secondary N) is 1. The van der Waals surface area contributed by atoms with E-state index in [4.69, 9.17) is 16.4 Å². The van der Waals surface area contributed by atoms with Crippen molar-refractivity contribution >= 4 is 17.3 Å². The van der Waals surface area contributed by atoms with Crippen LogP contribution in [0, 0.1) is 0 Å². The van der Waals surface area contributed by atoms with E-state index in [0.29, 0.717) is 11.6 Å². The van der Waals surface area contributed by atoms with Crippen LogP contribution in [0.3, 0.4) is 0 Å². The zero-order chi connectivity index (χ0) is 8.81. The topological polar surface area (TPSA) is 21.3 Å². The molecule has 1 aromatic rings. The number of rotatable bonds is 4. The summed E-state index contributed by atoms with van der Waals surface area (Å²) in [4.78, 5) is 5.12. The molecule has 12 heavy (non-hydrogen) atoms. The molecular formula is C9H12ClNO. The molecule has 0 bridgehead atoms. The summed E-state index contributed by atoms with van der Waals surface area (Å²) in [5.74, 6) is 0. The summed E-state index contributed by atoms with van der Waals surface area (Å²) in [6.07, 6.45) is 0.994. The molecule has 0 spiro atoms. The van der Waals surface area contributed by atoms with Gasteiger partial charge >= 0.3 is 0 Å². The van der Waals surface area contributed by atoms with Gasteiger partial charge in [0, 0.05) is 5.02 Å². The van der Waals surface area contributed by atoms with Gasteiger partial charge in [-0.3, -0.25) is 10.3 Å². The molecule has 1 aromatic carbocycles. The van der Waals surface area contributed by atoms with Crippen LogP contribution in [0.25, 0.3) is 0 Å². The van der Waals surface area contributed by atoms with Crippen molar-refractivity contribution in [2.45, 2.75) is 13.3 Å². The van der Waals surface area contributed by atoms with Crippen LogP contribution in [-0.2, 0) is 4.84 Å². The molecule has 0 saturated heterocycles. The van der Waals surface area contributed by atoms with Gasteiger partial charge in [0.15, 0.2) is 0 Å². The van der Waals surface area contributed by atoms with E-state index in [9.17, 15) is 0 Å². The summed E-state index contributed by atoms with van der Waals surface area (Å²) in [7, 11) is 0. The highest BCUT2D eigenvalue weighted by Crippen LogP contribution is 2.14. The van der Waals surface area contributed by atoms with Gasteiger partial charge < -0.3 is 0 Å². The summed E-state index contributed by atoms with van der Waals surface area (Å²) < 4.78 is 0. The Kier molecular flexibility index (Phi) is 3.91. The zero-order valence-corrected chi connectivity index (χ0v) is 7.77. The lowest BCUT2D eigenvalue weighted by Gasteiger charge is -2.05. The Morgan fingerprint density at radius 2 is 2.33 bits per heavy atom.